The maximum Gasteiger partial charge on any atom is 0.173 e. The fraction of sp³-hybridized carbons (Fsp3) is 0.444. The molecule has 134 valence electrons. The number of hydrogen-bond acceptors (Lipinski definition) is 4. The normalized spacial score (nSPS) is 15.8. The van der Waals surface area contributed by atoms with E-state index in [0.717, 1.165) is 55.8 Å². The Morgan fingerprint density at radius 3 is 2.84 bits per heavy atom. The van der Waals surface area contributed by atoms with E-state index in [4.69, 9.17) is 12.2 Å². The van der Waals surface area contributed by atoms with Gasteiger partial charge in [0.25, 0.3) is 0 Å². The quantitative estimate of drug-likeness (QED) is 0.654. The van der Waals surface area contributed by atoms with Crippen LogP contribution in [0.3, 0.4) is 0 Å². The minimum absolute atomic E-state index is 0.820. The van der Waals surface area contributed by atoms with Crippen LogP contribution >= 0.6 is 24.0 Å². The lowest BCUT2D eigenvalue weighted by molar-refractivity contribution is 0.269. The van der Waals surface area contributed by atoms with Gasteiger partial charge in [0.2, 0.25) is 0 Å². The van der Waals surface area contributed by atoms with Gasteiger partial charge in [-0.15, -0.1) is 11.8 Å². The molecule has 0 saturated carbocycles. The first kappa shape index (κ1) is 18.2. The average Bonchev–Trinajstić information content (AvgIpc) is 2.88. The Morgan fingerprint density at radius 2 is 2.08 bits per heavy atom. The first-order valence-electron chi connectivity index (χ1n) is 8.55. The topological polar surface area (TPSA) is 36.3 Å². The fourth-order valence-corrected chi connectivity index (χ4v) is 3.87. The molecule has 5 nitrogen and oxygen atoms in total. The Hall–Kier alpha value is -1.57. The molecule has 0 bridgehead atoms. The number of aromatic nitrogens is 2. The highest BCUT2D eigenvalue weighted by atomic mass is 32.2. The molecule has 1 saturated heterocycles. The van der Waals surface area contributed by atoms with Gasteiger partial charge < -0.3 is 14.8 Å². The van der Waals surface area contributed by atoms with Crippen LogP contribution in [0.15, 0.2) is 41.6 Å². The number of benzene rings is 1. The molecule has 1 aliphatic heterocycles. The molecule has 0 atom stereocenters. The summed E-state index contributed by atoms with van der Waals surface area (Å²) in [6.45, 7) is 4.90. The van der Waals surface area contributed by atoms with E-state index in [1.807, 2.05) is 18.5 Å². The van der Waals surface area contributed by atoms with Gasteiger partial charge in [-0.25, -0.2) is 4.98 Å². The van der Waals surface area contributed by atoms with Crippen molar-refractivity contribution in [2.75, 3.05) is 37.8 Å². The Bertz CT molecular complexity index is 715. The standard InChI is InChI=1S/C18H25N5S2/c1-21-11-8-19-17(21)14-22-9-5-10-23(13-12-22)18(24)20-15-6-3-4-7-16(15)25-2/h3-4,6-8,11H,5,9-10,12-14H2,1-2H3,(H,20,24). The van der Waals surface area contributed by atoms with Crippen LogP contribution in [-0.4, -0.2) is 56.9 Å². The average molecular weight is 376 g/mol. The van der Waals surface area contributed by atoms with Crippen molar-refractivity contribution in [2.45, 2.75) is 17.9 Å². The molecule has 3 rings (SSSR count). The number of imidazole rings is 1. The van der Waals surface area contributed by atoms with Gasteiger partial charge in [0.1, 0.15) is 5.82 Å². The van der Waals surface area contributed by atoms with Crippen LogP contribution < -0.4 is 5.32 Å². The van der Waals surface area contributed by atoms with Crippen LogP contribution in [0.1, 0.15) is 12.2 Å². The van der Waals surface area contributed by atoms with Crippen molar-refractivity contribution in [3.63, 3.8) is 0 Å². The number of hydrogen-bond donors (Lipinski definition) is 1. The first-order valence-corrected chi connectivity index (χ1v) is 10.2. The van der Waals surface area contributed by atoms with E-state index in [1.54, 1.807) is 11.8 Å². The number of rotatable bonds is 4. The maximum absolute atomic E-state index is 5.67. The molecule has 0 aliphatic carbocycles. The lowest BCUT2D eigenvalue weighted by atomic mass is 10.3. The third kappa shape index (κ3) is 4.74. The molecule has 2 aromatic rings. The number of aryl methyl sites for hydroxylation is 1. The van der Waals surface area contributed by atoms with E-state index < -0.39 is 0 Å². The predicted octanol–water partition coefficient (Wildman–Crippen LogP) is 3.05. The molecule has 0 radical (unpaired) electrons. The summed E-state index contributed by atoms with van der Waals surface area (Å²) in [6, 6.07) is 8.30. The molecule has 1 aromatic carbocycles. The van der Waals surface area contributed by atoms with Crippen molar-refractivity contribution in [3.8, 4) is 0 Å². The van der Waals surface area contributed by atoms with Crippen LogP contribution in [0.5, 0.6) is 0 Å². The van der Waals surface area contributed by atoms with Gasteiger partial charge in [0.15, 0.2) is 5.11 Å². The van der Waals surface area contributed by atoms with Crippen LogP contribution in [0.25, 0.3) is 0 Å². The van der Waals surface area contributed by atoms with Crippen molar-refractivity contribution < 1.29 is 0 Å². The van der Waals surface area contributed by atoms with Crippen molar-refractivity contribution in [1.29, 1.82) is 0 Å². The van der Waals surface area contributed by atoms with E-state index in [9.17, 15) is 0 Å². The number of anilines is 1. The Morgan fingerprint density at radius 1 is 1.24 bits per heavy atom. The van der Waals surface area contributed by atoms with Crippen LogP contribution in [-0.2, 0) is 13.6 Å². The monoisotopic (exact) mass is 375 g/mol. The van der Waals surface area contributed by atoms with E-state index in [-0.39, 0.29) is 0 Å². The summed E-state index contributed by atoms with van der Waals surface area (Å²) in [5.74, 6) is 1.11. The zero-order valence-electron chi connectivity index (χ0n) is 14.8. The van der Waals surface area contributed by atoms with Gasteiger partial charge >= 0.3 is 0 Å². The Labute approximate surface area is 159 Å². The zero-order chi connectivity index (χ0) is 17.6. The number of thiocarbonyl (C=S) groups is 1. The van der Waals surface area contributed by atoms with Crippen molar-refractivity contribution in [1.82, 2.24) is 19.4 Å². The maximum atomic E-state index is 5.67. The Balaban J connectivity index is 1.57. The highest BCUT2D eigenvalue weighted by molar-refractivity contribution is 7.98. The molecule has 0 spiro atoms. The van der Waals surface area contributed by atoms with Crippen molar-refractivity contribution in [2.24, 2.45) is 7.05 Å². The summed E-state index contributed by atoms with van der Waals surface area (Å²) in [5, 5.41) is 4.25. The van der Waals surface area contributed by atoms with Gasteiger partial charge in [-0.2, -0.15) is 0 Å². The summed E-state index contributed by atoms with van der Waals surface area (Å²) >= 11 is 7.40. The number of nitrogens with zero attached hydrogens (tertiary/aromatic N) is 4. The number of nitrogens with one attached hydrogen (secondary N) is 1. The molecule has 0 amide bonds. The molecular weight excluding hydrogens is 350 g/mol. The molecule has 1 fully saturated rings. The van der Waals surface area contributed by atoms with Crippen LogP contribution in [0.2, 0.25) is 0 Å². The smallest absolute Gasteiger partial charge is 0.173 e. The summed E-state index contributed by atoms with van der Waals surface area (Å²) in [5.41, 5.74) is 1.09. The molecule has 1 aliphatic rings. The van der Waals surface area contributed by atoms with Crippen LogP contribution in [0.4, 0.5) is 5.69 Å². The summed E-state index contributed by atoms with van der Waals surface area (Å²) < 4.78 is 2.09. The summed E-state index contributed by atoms with van der Waals surface area (Å²) in [4.78, 5) is 10.4. The van der Waals surface area contributed by atoms with Gasteiger partial charge in [-0.3, -0.25) is 4.90 Å². The Kier molecular flexibility index (Phi) is 6.34. The lowest BCUT2D eigenvalue weighted by Gasteiger charge is -2.25. The second-order valence-electron chi connectivity index (χ2n) is 6.20. The fourth-order valence-electron chi connectivity index (χ4n) is 3.02. The lowest BCUT2D eigenvalue weighted by Crippen LogP contribution is -2.38. The van der Waals surface area contributed by atoms with E-state index in [1.165, 1.54) is 4.90 Å². The van der Waals surface area contributed by atoms with E-state index in [0.29, 0.717) is 0 Å². The third-order valence-electron chi connectivity index (χ3n) is 4.51. The van der Waals surface area contributed by atoms with E-state index in [2.05, 4.69) is 56.2 Å². The first-order chi connectivity index (χ1) is 12.2. The largest absolute Gasteiger partial charge is 0.348 e. The molecule has 1 aromatic heterocycles. The number of para-hydroxylation sites is 1. The second-order valence-corrected chi connectivity index (χ2v) is 7.44. The van der Waals surface area contributed by atoms with Gasteiger partial charge in [-0.1, -0.05) is 12.1 Å². The van der Waals surface area contributed by atoms with Crippen molar-refractivity contribution >= 4 is 34.8 Å². The minimum Gasteiger partial charge on any atom is -0.348 e. The summed E-state index contributed by atoms with van der Waals surface area (Å²) in [7, 11) is 2.05. The molecule has 7 heteroatoms. The molecule has 0 unspecified atom stereocenters. The van der Waals surface area contributed by atoms with Crippen LogP contribution in [0, 0.1) is 0 Å². The molecule has 1 N–H and O–H groups in total. The van der Waals surface area contributed by atoms with Gasteiger partial charge in [0, 0.05) is 50.5 Å². The van der Waals surface area contributed by atoms with Gasteiger partial charge in [-0.05, 0) is 37.0 Å². The highest BCUT2D eigenvalue weighted by Crippen LogP contribution is 2.25. The summed E-state index contributed by atoms with van der Waals surface area (Å²) in [6.07, 6.45) is 7.06. The highest BCUT2D eigenvalue weighted by Gasteiger charge is 2.18. The van der Waals surface area contributed by atoms with Gasteiger partial charge in [0.05, 0.1) is 12.2 Å². The minimum atomic E-state index is 0.820. The second kappa shape index (κ2) is 8.69. The number of thioether (sulfide) groups is 1. The molecular formula is C18H25N5S2. The SMILES string of the molecule is CSc1ccccc1NC(=S)N1CCCN(Cc2nccn2C)CC1. The van der Waals surface area contributed by atoms with Crippen molar-refractivity contribution in [3.05, 3.63) is 42.5 Å². The molecule has 25 heavy (non-hydrogen) atoms. The zero-order valence-corrected chi connectivity index (χ0v) is 16.4. The third-order valence-corrected chi connectivity index (χ3v) is 5.67. The molecule has 2 heterocycles. The van der Waals surface area contributed by atoms with E-state index >= 15 is 0 Å². The predicted molar refractivity (Wildman–Crippen MR) is 109 cm³/mol.